The van der Waals surface area contributed by atoms with Gasteiger partial charge < -0.3 is 21.3 Å². The number of carbonyl (C=O) groups excluding carboxylic acids is 2. The number of ketones is 1. The van der Waals surface area contributed by atoms with Crippen LogP contribution in [0.5, 0.6) is 0 Å². The van der Waals surface area contributed by atoms with E-state index in [0.717, 1.165) is 11.3 Å². The zero-order valence-electron chi connectivity index (χ0n) is 14.3. The van der Waals surface area contributed by atoms with E-state index in [1.54, 1.807) is 17.3 Å². The highest BCUT2D eigenvalue weighted by atomic mass is 16.2. The number of hydrogen-bond acceptors (Lipinski definition) is 8. The Labute approximate surface area is 151 Å². The van der Waals surface area contributed by atoms with E-state index in [0.29, 0.717) is 26.2 Å². The lowest BCUT2D eigenvalue weighted by atomic mass is 10.1. The fourth-order valence-electron chi connectivity index (χ4n) is 3.01. The van der Waals surface area contributed by atoms with E-state index in [-0.39, 0.29) is 36.2 Å². The Hall–Kier alpha value is -3.07. The Morgan fingerprint density at radius 3 is 2.50 bits per heavy atom. The van der Waals surface area contributed by atoms with Gasteiger partial charge in [-0.2, -0.15) is 0 Å². The van der Waals surface area contributed by atoms with Gasteiger partial charge in [0.15, 0.2) is 11.6 Å². The van der Waals surface area contributed by atoms with Crippen molar-refractivity contribution in [2.75, 3.05) is 43.4 Å². The van der Waals surface area contributed by atoms with Crippen molar-refractivity contribution in [2.24, 2.45) is 5.73 Å². The molecule has 0 unspecified atom stereocenters. The predicted octanol–water partition coefficient (Wildman–Crippen LogP) is -0.513. The van der Waals surface area contributed by atoms with Crippen molar-refractivity contribution in [1.29, 1.82) is 0 Å². The number of Topliss-reactive ketones (excluding diaryl/α,β-unsaturated/α-hetero) is 1. The van der Waals surface area contributed by atoms with E-state index in [9.17, 15) is 9.59 Å². The van der Waals surface area contributed by atoms with Crippen molar-refractivity contribution in [3.8, 4) is 0 Å². The van der Waals surface area contributed by atoms with Gasteiger partial charge in [-0.15, -0.1) is 0 Å². The molecule has 9 heteroatoms. The van der Waals surface area contributed by atoms with Gasteiger partial charge in [-0.1, -0.05) is 0 Å². The number of hydrogen-bond donors (Lipinski definition) is 2. The zero-order chi connectivity index (χ0) is 18.5. The van der Waals surface area contributed by atoms with E-state index >= 15 is 0 Å². The molecule has 3 heterocycles. The minimum Gasteiger partial charge on any atom is -0.382 e. The number of aromatic nitrogens is 3. The van der Waals surface area contributed by atoms with Crippen LogP contribution in [0.2, 0.25) is 0 Å². The van der Waals surface area contributed by atoms with E-state index in [2.05, 4.69) is 19.9 Å². The number of nitrogen functional groups attached to an aromatic ring is 1. The number of nitrogens with zero attached hydrogens (tertiary/aromatic N) is 5. The van der Waals surface area contributed by atoms with Gasteiger partial charge in [0, 0.05) is 68.6 Å². The van der Waals surface area contributed by atoms with Crippen LogP contribution >= 0.6 is 0 Å². The summed E-state index contributed by atoms with van der Waals surface area (Å²) in [7, 11) is 0. The highest BCUT2D eigenvalue weighted by Crippen LogP contribution is 2.23. The van der Waals surface area contributed by atoms with Gasteiger partial charge in [0.05, 0.1) is 6.54 Å². The maximum atomic E-state index is 12.6. The van der Waals surface area contributed by atoms with Crippen LogP contribution in [0, 0.1) is 0 Å². The van der Waals surface area contributed by atoms with Gasteiger partial charge in [0.25, 0.3) is 0 Å². The third kappa shape index (κ3) is 3.77. The number of rotatable bonds is 5. The molecule has 0 bridgehead atoms. The third-order valence-corrected chi connectivity index (χ3v) is 4.37. The van der Waals surface area contributed by atoms with Crippen LogP contribution in [-0.2, 0) is 11.2 Å². The SMILES string of the molecule is NCC(=O)N1CCN(c2ccncc2CC(=O)c2nccnc2N)CC1. The zero-order valence-corrected chi connectivity index (χ0v) is 14.3. The molecule has 1 amide bonds. The van der Waals surface area contributed by atoms with Crippen LogP contribution in [-0.4, -0.2) is 64.3 Å². The molecule has 1 aliphatic rings. The summed E-state index contributed by atoms with van der Waals surface area (Å²) in [6, 6.07) is 1.88. The lowest BCUT2D eigenvalue weighted by molar-refractivity contribution is -0.129. The first-order valence-corrected chi connectivity index (χ1v) is 8.35. The van der Waals surface area contributed by atoms with E-state index in [1.807, 2.05) is 6.07 Å². The third-order valence-electron chi connectivity index (χ3n) is 4.37. The van der Waals surface area contributed by atoms with Gasteiger partial charge >= 0.3 is 0 Å². The Kier molecular flexibility index (Phi) is 5.37. The van der Waals surface area contributed by atoms with Crippen molar-refractivity contribution in [1.82, 2.24) is 19.9 Å². The van der Waals surface area contributed by atoms with E-state index in [1.165, 1.54) is 12.4 Å². The largest absolute Gasteiger partial charge is 0.382 e. The monoisotopic (exact) mass is 355 g/mol. The van der Waals surface area contributed by atoms with Crippen LogP contribution in [0.25, 0.3) is 0 Å². The lowest BCUT2D eigenvalue weighted by Gasteiger charge is -2.36. The molecule has 0 radical (unpaired) electrons. The number of pyridine rings is 1. The molecule has 1 aliphatic heterocycles. The standard InChI is InChI=1S/C17H21N7O2/c18-10-15(26)24-7-5-23(6-8-24)13-1-2-20-11-12(13)9-14(25)16-17(19)22-4-3-21-16/h1-4,11H,5-10,18H2,(H2,19,22). The van der Waals surface area contributed by atoms with Crippen molar-refractivity contribution in [2.45, 2.75) is 6.42 Å². The first-order chi connectivity index (χ1) is 12.6. The van der Waals surface area contributed by atoms with Crippen LogP contribution in [0.15, 0.2) is 30.9 Å². The van der Waals surface area contributed by atoms with Gasteiger partial charge in [-0.25, -0.2) is 9.97 Å². The summed E-state index contributed by atoms with van der Waals surface area (Å²) >= 11 is 0. The summed E-state index contributed by atoms with van der Waals surface area (Å²) in [5.74, 6) is -0.133. The van der Waals surface area contributed by atoms with Crippen LogP contribution < -0.4 is 16.4 Å². The second kappa shape index (κ2) is 7.87. The molecule has 3 rings (SSSR count). The number of carbonyl (C=O) groups is 2. The fourth-order valence-corrected chi connectivity index (χ4v) is 3.01. The van der Waals surface area contributed by atoms with E-state index < -0.39 is 0 Å². The second-order valence-corrected chi connectivity index (χ2v) is 5.97. The average molecular weight is 355 g/mol. The average Bonchev–Trinajstić information content (AvgIpc) is 2.68. The van der Waals surface area contributed by atoms with Gasteiger partial charge in [0.1, 0.15) is 5.69 Å². The Morgan fingerprint density at radius 1 is 1.08 bits per heavy atom. The number of nitrogens with two attached hydrogens (primary N) is 2. The molecular formula is C17H21N7O2. The van der Waals surface area contributed by atoms with Crippen molar-refractivity contribution < 1.29 is 9.59 Å². The molecule has 0 saturated carbocycles. The molecule has 26 heavy (non-hydrogen) atoms. The molecular weight excluding hydrogens is 334 g/mol. The summed E-state index contributed by atoms with van der Waals surface area (Å²) in [5, 5.41) is 0. The highest BCUT2D eigenvalue weighted by molar-refractivity contribution is 5.99. The second-order valence-electron chi connectivity index (χ2n) is 5.97. The predicted molar refractivity (Wildman–Crippen MR) is 96.6 cm³/mol. The van der Waals surface area contributed by atoms with Gasteiger partial charge in [-0.05, 0) is 6.07 Å². The molecule has 0 spiro atoms. The van der Waals surface area contributed by atoms with Gasteiger partial charge in [0.2, 0.25) is 5.91 Å². The van der Waals surface area contributed by atoms with Crippen LogP contribution in [0.4, 0.5) is 11.5 Å². The van der Waals surface area contributed by atoms with E-state index in [4.69, 9.17) is 11.5 Å². The van der Waals surface area contributed by atoms with Gasteiger partial charge in [-0.3, -0.25) is 14.6 Å². The Bertz CT molecular complexity index is 803. The Morgan fingerprint density at radius 2 is 1.81 bits per heavy atom. The first-order valence-electron chi connectivity index (χ1n) is 8.35. The summed E-state index contributed by atoms with van der Waals surface area (Å²) < 4.78 is 0. The quantitative estimate of drug-likeness (QED) is 0.685. The minimum atomic E-state index is -0.207. The molecule has 2 aromatic rings. The number of anilines is 2. The van der Waals surface area contributed by atoms with Crippen LogP contribution in [0.1, 0.15) is 16.1 Å². The fraction of sp³-hybridized carbons (Fsp3) is 0.353. The highest BCUT2D eigenvalue weighted by Gasteiger charge is 2.23. The molecule has 1 saturated heterocycles. The summed E-state index contributed by atoms with van der Waals surface area (Å²) in [6.45, 7) is 2.56. The molecule has 4 N–H and O–H groups in total. The van der Waals surface area contributed by atoms with Crippen molar-refractivity contribution in [3.63, 3.8) is 0 Å². The minimum absolute atomic E-state index is 0.0224. The number of piperazine rings is 1. The smallest absolute Gasteiger partial charge is 0.236 e. The van der Waals surface area contributed by atoms with Crippen molar-refractivity contribution >= 4 is 23.2 Å². The normalized spacial score (nSPS) is 14.3. The molecule has 0 aromatic carbocycles. The summed E-state index contributed by atoms with van der Waals surface area (Å²) in [5.41, 5.74) is 13.1. The van der Waals surface area contributed by atoms with Crippen LogP contribution in [0.3, 0.4) is 0 Å². The Balaban J connectivity index is 1.74. The summed E-state index contributed by atoms with van der Waals surface area (Å²) in [4.78, 5) is 40.2. The molecule has 2 aromatic heterocycles. The molecule has 9 nitrogen and oxygen atoms in total. The maximum Gasteiger partial charge on any atom is 0.236 e. The molecule has 1 fully saturated rings. The molecule has 0 aliphatic carbocycles. The maximum absolute atomic E-state index is 12.6. The molecule has 136 valence electrons. The lowest BCUT2D eigenvalue weighted by Crippen LogP contribution is -2.50. The molecule has 0 atom stereocenters. The first kappa shape index (κ1) is 17.7. The summed E-state index contributed by atoms with van der Waals surface area (Å²) in [6.07, 6.45) is 6.40. The topological polar surface area (TPSA) is 131 Å². The number of amides is 1. The van der Waals surface area contributed by atoms with Crippen molar-refractivity contribution in [3.05, 3.63) is 42.1 Å².